The predicted molar refractivity (Wildman–Crippen MR) is 103 cm³/mol. The van der Waals surface area contributed by atoms with Crippen LogP contribution in [0.5, 0.6) is 11.5 Å². The van der Waals surface area contributed by atoms with Gasteiger partial charge in [0.05, 0.1) is 20.5 Å². The molecule has 9 heteroatoms. The number of carbonyl (C=O) groups is 3. The Morgan fingerprint density at radius 1 is 1.07 bits per heavy atom. The number of piperidine rings is 1. The maximum Gasteiger partial charge on any atom is 0.290 e. The number of nitrogens with zero attached hydrogens (tertiary/aromatic N) is 1. The second-order valence-electron chi connectivity index (χ2n) is 6.50. The van der Waals surface area contributed by atoms with E-state index in [9.17, 15) is 14.4 Å². The molecule has 1 saturated heterocycles. The number of hydrogen-bond donors (Lipinski definition) is 2. The summed E-state index contributed by atoms with van der Waals surface area (Å²) in [6, 6.07) is 7.15. The van der Waals surface area contributed by atoms with E-state index >= 15 is 0 Å². The number of furan rings is 1. The third kappa shape index (κ3) is 4.50. The van der Waals surface area contributed by atoms with E-state index in [1.54, 1.807) is 24.3 Å². The highest BCUT2D eigenvalue weighted by molar-refractivity contribution is 5.98. The van der Waals surface area contributed by atoms with Crippen molar-refractivity contribution in [3.05, 3.63) is 47.9 Å². The van der Waals surface area contributed by atoms with Gasteiger partial charge < -0.3 is 18.8 Å². The molecule has 1 unspecified atom stereocenters. The lowest BCUT2D eigenvalue weighted by atomic mass is 10.0. The highest BCUT2D eigenvalue weighted by Gasteiger charge is 2.33. The van der Waals surface area contributed by atoms with Crippen molar-refractivity contribution in [1.29, 1.82) is 0 Å². The van der Waals surface area contributed by atoms with Crippen molar-refractivity contribution in [1.82, 2.24) is 15.8 Å². The summed E-state index contributed by atoms with van der Waals surface area (Å²) in [7, 11) is 2.97. The van der Waals surface area contributed by atoms with Crippen LogP contribution in [0.25, 0.3) is 0 Å². The fourth-order valence-electron chi connectivity index (χ4n) is 3.24. The molecule has 0 bridgehead atoms. The number of amides is 3. The first-order chi connectivity index (χ1) is 14.0. The molecule has 29 heavy (non-hydrogen) atoms. The standard InChI is InChI=1S/C20H23N3O6/c1-27-15-9-8-13(12-17(15)28-2)18(24)21-22-19(25)14-6-3-4-10-23(14)20(26)16-7-5-11-29-16/h5,7-9,11-12,14H,3-4,6,10H2,1-2H3,(H,21,24)(H,22,25). The van der Waals surface area contributed by atoms with E-state index in [1.807, 2.05) is 0 Å². The smallest absolute Gasteiger partial charge is 0.290 e. The van der Waals surface area contributed by atoms with E-state index in [0.29, 0.717) is 24.5 Å². The van der Waals surface area contributed by atoms with Gasteiger partial charge in [-0.3, -0.25) is 25.2 Å². The van der Waals surface area contributed by atoms with E-state index in [4.69, 9.17) is 13.9 Å². The van der Waals surface area contributed by atoms with Crippen LogP contribution in [0, 0.1) is 0 Å². The summed E-state index contributed by atoms with van der Waals surface area (Å²) in [6.07, 6.45) is 3.53. The Balaban J connectivity index is 1.64. The first-order valence-electron chi connectivity index (χ1n) is 9.22. The molecular formula is C20H23N3O6. The normalized spacial score (nSPS) is 16.1. The van der Waals surface area contributed by atoms with E-state index < -0.39 is 17.9 Å². The molecule has 2 aromatic rings. The van der Waals surface area contributed by atoms with Gasteiger partial charge in [0.15, 0.2) is 17.3 Å². The summed E-state index contributed by atoms with van der Waals surface area (Å²) in [5, 5.41) is 0. The molecule has 1 atom stereocenters. The van der Waals surface area contributed by atoms with Crippen molar-refractivity contribution in [3.8, 4) is 11.5 Å². The average molecular weight is 401 g/mol. The fraction of sp³-hybridized carbons (Fsp3) is 0.350. The topological polar surface area (TPSA) is 110 Å². The molecule has 154 valence electrons. The lowest BCUT2D eigenvalue weighted by molar-refractivity contribution is -0.127. The van der Waals surface area contributed by atoms with Gasteiger partial charge >= 0.3 is 0 Å². The first kappa shape index (κ1) is 20.2. The number of ether oxygens (including phenoxy) is 2. The van der Waals surface area contributed by atoms with Crippen LogP contribution < -0.4 is 20.3 Å². The number of benzene rings is 1. The van der Waals surface area contributed by atoms with Gasteiger partial charge in [0.1, 0.15) is 6.04 Å². The molecule has 0 spiro atoms. The van der Waals surface area contributed by atoms with Crippen molar-refractivity contribution in [3.63, 3.8) is 0 Å². The maximum atomic E-state index is 12.6. The minimum atomic E-state index is -0.688. The highest BCUT2D eigenvalue weighted by Crippen LogP contribution is 2.27. The van der Waals surface area contributed by atoms with Crippen LogP contribution in [0.2, 0.25) is 0 Å². The minimum Gasteiger partial charge on any atom is -0.493 e. The van der Waals surface area contributed by atoms with Gasteiger partial charge in [0.25, 0.3) is 17.7 Å². The quantitative estimate of drug-likeness (QED) is 0.739. The zero-order chi connectivity index (χ0) is 20.8. The zero-order valence-corrected chi connectivity index (χ0v) is 16.3. The van der Waals surface area contributed by atoms with Crippen LogP contribution in [-0.2, 0) is 4.79 Å². The van der Waals surface area contributed by atoms with Crippen LogP contribution in [0.15, 0.2) is 41.0 Å². The Morgan fingerprint density at radius 3 is 2.55 bits per heavy atom. The van der Waals surface area contributed by atoms with Crippen LogP contribution in [-0.4, -0.2) is 49.4 Å². The summed E-state index contributed by atoms with van der Waals surface area (Å²) in [6.45, 7) is 0.446. The van der Waals surface area contributed by atoms with Gasteiger partial charge in [-0.15, -0.1) is 0 Å². The number of carbonyl (C=O) groups excluding carboxylic acids is 3. The second kappa shape index (κ2) is 9.13. The van der Waals surface area contributed by atoms with Crippen molar-refractivity contribution >= 4 is 17.7 Å². The molecule has 1 aromatic heterocycles. The summed E-state index contributed by atoms with van der Waals surface area (Å²) in [4.78, 5) is 39.1. The Kier molecular flexibility index (Phi) is 6.38. The fourth-order valence-corrected chi connectivity index (χ4v) is 3.24. The maximum absolute atomic E-state index is 12.6. The van der Waals surface area contributed by atoms with Crippen molar-refractivity contribution in [2.24, 2.45) is 0 Å². The first-order valence-corrected chi connectivity index (χ1v) is 9.22. The van der Waals surface area contributed by atoms with Gasteiger partial charge in [0.2, 0.25) is 0 Å². The average Bonchev–Trinajstić information content (AvgIpc) is 3.31. The number of likely N-dealkylation sites (tertiary alicyclic amines) is 1. The predicted octanol–water partition coefficient (Wildman–Crippen LogP) is 1.75. The molecule has 0 saturated carbocycles. The van der Waals surface area contributed by atoms with Crippen LogP contribution >= 0.6 is 0 Å². The number of hydrogen-bond acceptors (Lipinski definition) is 6. The molecule has 0 radical (unpaired) electrons. The molecule has 1 aliphatic rings. The summed E-state index contributed by atoms with van der Waals surface area (Å²) in [5.41, 5.74) is 5.08. The monoisotopic (exact) mass is 401 g/mol. The van der Waals surface area contributed by atoms with Gasteiger partial charge in [-0.1, -0.05) is 0 Å². The van der Waals surface area contributed by atoms with Gasteiger partial charge in [-0.2, -0.15) is 0 Å². The van der Waals surface area contributed by atoms with E-state index in [0.717, 1.165) is 12.8 Å². The Labute approximate surface area is 167 Å². The molecule has 1 fully saturated rings. The van der Waals surface area contributed by atoms with Gasteiger partial charge in [-0.25, -0.2) is 0 Å². The van der Waals surface area contributed by atoms with Gasteiger partial charge in [-0.05, 0) is 49.6 Å². The Morgan fingerprint density at radius 2 is 1.86 bits per heavy atom. The van der Waals surface area contributed by atoms with Crippen LogP contribution in [0.4, 0.5) is 0 Å². The Bertz CT molecular complexity index is 880. The molecule has 2 heterocycles. The largest absolute Gasteiger partial charge is 0.493 e. The number of nitrogens with one attached hydrogen (secondary N) is 2. The molecule has 1 aliphatic heterocycles. The SMILES string of the molecule is COc1ccc(C(=O)NNC(=O)C2CCCCN2C(=O)c2ccco2)cc1OC. The molecule has 3 amide bonds. The zero-order valence-electron chi connectivity index (χ0n) is 16.3. The molecule has 9 nitrogen and oxygen atoms in total. The minimum absolute atomic E-state index is 0.180. The molecule has 3 rings (SSSR count). The second-order valence-corrected chi connectivity index (χ2v) is 6.50. The van der Waals surface area contributed by atoms with E-state index in [1.165, 1.54) is 31.4 Å². The Hall–Kier alpha value is -3.49. The highest BCUT2D eigenvalue weighted by atomic mass is 16.5. The number of hydrazine groups is 1. The lowest BCUT2D eigenvalue weighted by Crippen LogP contribution is -2.55. The van der Waals surface area contributed by atoms with Gasteiger partial charge in [0, 0.05) is 12.1 Å². The van der Waals surface area contributed by atoms with Crippen molar-refractivity contribution in [2.75, 3.05) is 20.8 Å². The summed E-state index contributed by atoms with van der Waals surface area (Å²) >= 11 is 0. The van der Waals surface area contributed by atoms with Crippen LogP contribution in [0.1, 0.15) is 40.2 Å². The van der Waals surface area contributed by atoms with Crippen molar-refractivity contribution < 1.29 is 28.3 Å². The molecule has 0 aliphatic carbocycles. The summed E-state index contributed by atoms with van der Waals surface area (Å²) < 4.78 is 15.5. The number of rotatable bonds is 5. The van der Waals surface area contributed by atoms with E-state index in [-0.39, 0.29) is 17.2 Å². The van der Waals surface area contributed by atoms with Crippen molar-refractivity contribution in [2.45, 2.75) is 25.3 Å². The van der Waals surface area contributed by atoms with Crippen LogP contribution in [0.3, 0.4) is 0 Å². The third-order valence-corrected chi connectivity index (χ3v) is 4.74. The lowest BCUT2D eigenvalue weighted by Gasteiger charge is -2.34. The third-order valence-electron chi connectivity index (χ3n) is 4.74. The summed E-state index contributed by atoms with van der Waals surface area (Å²) in [5.74, 6) is -0.256. The molecule has 1 aromatic carbocycles. The molecule has 2 N–H and O–H groups in total. The molecular weight excluding hydrogens is 378 g/mol. The number of methoxy groups -OCH3 is 2. The van der Waals surface area contributed by atoms with E-state index in [2.05, 4.69) is 10.9 Å².